The first-order valence-corrected chi connectivity index (χ1v) is 9.59. The number of nitrogens with zero attached hydrogens (tertiary/aromatic N) is 7. The highest BCUT2D eigenvalue weighted by molar-refractivity contribution is 5.68. The lowest BCUT2D eigenvalue weighted by atomic mass is 10.1. The summed E-state index contributed by atoms with van der Waals surface area (Å²) in [5.74, 6) is -0.643. The third kappa shape index (κ3) is 4.95. The van der Waals surface area contributed by atoms with Gasteiger partial charge in [0.15, 0.2) is 0 Å². The molecule has 4 aromatic heterocycles. The van der Waals surface area contributed by atoms with Gasteiger partial charge in [-0.25, -0.2) is 4.68 Å². The van der Waals surface area contributed by atoms with Gasteiger partial charge in [-0.05, 0) is 23.8 Å². The van der Waals surface area contributed by atoms with E-state index in [4.69, 9.17) is 4.42 Å². The van der Waals surface area contributed by atoms with E-state index in [-0.39, 0.29) is 5.89 Å². The largest absolute Gasteiger partial charge is 0.415 e. The zero-order valence-corrected chi connectivity index (χ0v) is 17.2. The Kier molecular flexibility index (Phi) is 6.53. The highest BCUT2D eigenvalue weighted by Gasteiger charge is 2.17. The van der Waals surface area contributed by atoms with Crippen LogP contribution in [0.2, 0.25) is 0 Å². The van der Waals surface area contributed by atoms with Crippen molar-refractivity contribution in [3.63, 3.8) is 0 Å². The lowest BCUT2D eigenvalue weighted by molar-refractivity contribution is 0.116. The van der Waals surface area contributed by atoms with Crippen molar-refractivity contribution in [2.24, 2.45) is 0 Å². The summed E-state index contributed by atoms with van der Waals surface area (Å²) in [6.07, 6.45) is 6.04. The molecule has 0 aliphatic carbocycles. The maximum absolute atomic E-state index is 12.6. The Morgan fingerprint density at radius 1 is 0.939 bits per heavy atom. The molecule has 33 heavy (non-hydrogen) atoms. The van der Waals surface area contributed by atoms with E-state index in [9.17, 15) is 13.2 Å². The summed E-state index contributed by atoms with van der Waals surface area (Å²) in [6.45, 7) is 0.480. The summed E-state index contributed by atoms with van der Waals surface area (Å²) in [5.41, 5.74) is 4.89. The van der Waals surface area contributed by atoms with Crippen LogP contribution in [-0.2, 0) is 6.54 Å². The third-order valence-corrected chi connectivity index (χ3v) is 4.58. The molecule has 12 heteroatoms. The smallest absolute Gasteiger partial charge is 0.314 e. The number of alkyl halides is 3. The number of nitrogens with one attached hydrogen (secondary N) is 1. The van der Waals surface area contributed by atoms with E-state index < -0.39 is 12.3 Å². The zero-order chi connectivity index (χ0) is 23.2. The molecule has 5 rings (SSSR count). The number of hydrogen-bond acceptors (Lipinski definition) is 7. The molecule has 4 heterocycles. The minimum Gasteiger partial charge on any atom is -0.415 e. The van der Waals surface area contributed by atoms with Crippen molar-refractivity contribution >= 4 is 0 Å². The molecule has 9 nitrogen and oxygen atoms in total. The van der Waals surface area contributed by atoms with E-state index in [1.807, 2.05) is 24.4 Å². The van der Waals surface area contributed by atoms with Gasteiger partial charge in [0.25, 0.3) is 5.89 Å². The molecule has 0 amide bonds. The second-order valence-electron chi connectivity index (χ2n) is 6.69. The Balaban J connectivity index is 0.00000126. The molecule has 1 N–H and O–H groups in total. The maximum atomic E-state index is 12.6. The van der Waals surface area contributed by atoms with E-state index >= 15 is 0 Å². The molecule has 0 fully saturated rings. The third-order valence-electron chi connectivity index (χ3n) is 4.58. The topological polar surface area (TPSA) is 111 Å². The van der Waals surface area contributed by atoms with Crippen molar-refractivity contribution in [2.75, 3.05) is 7.18 Å². The SMILES string of the molecule is CF.FC(F)c1nnc(-c2ccc(Cn3cc(-c4cncc(-c5cn[nH]c5)c4)nn3)cc2)o1. The highest BCUT2D eigenvalue weighted by Crippen LogP contribution is 2.25. The molecular formula is C21H17F3N8O. The van der Waals surface area contributed by atoms with E-state index in [2.05, 4.69) is 35.7 Å². The van der Waals surface area contributed by atoms with Crippen molar-refractivity contribution in [1.29, 1.82) is 0 Å². The molecule has 0 saturated heterocycles. The Hall–Kier alpha value is -4.35. The molecular weight excluding hydrogens is 437 g/mol. The van der Waals surface area contributed by atoms with Crippen molar-refractivity contribution in [3.05, 3.63) is 72.8 Å². The Morgan fingerprint density at radius 2 is 1.73 bits per heavy atom. The van der Waals surface area contributed by atoms with E-state index in [1.54, 1.807) is 41.6 Å². The Labute approximate surface area is 185 Å². The van der Waals surface area contributed by atoms with Crippen molar-refractivity contribution < 1.29 is 17.6 Å². The molecule has 0 aliphatic rings. The van der Waals surface area contributed by atoms with Crippen LogP contribution in [0.5, 0.6) is 0 Å². The normalized spacial score (nSPS) is 10.8. The van der Waals surface area contributed by atoms with Gasteiger partial charge >= 0.3 is 6.43 Å². The summed E-state index contributed by atoms with van der Waals surface area (Å²) < 4.78 is 41.4. The highest BCUT2D eigenvalue weighted by atomic mass is 19.3. The first kappa shape index (κ1) is 21.9. The summed E-state index contributed by atoms with van der Waals surface area (Å²) in [5, 5.41) is 22.1. The number of pyridine rings is 1. The molecule has 0 bridgehead atoms. The van der Waals surface area contributed by atoms with Crippen molar-refractivity contribution in [3.8, 4) is 33.8 Å². The Morgan fingerprint density at radius 3 is 2.42 bits per heavy atom. The second-order valence-corrected chi connectivity index (χ2v) is 6.69. The molecule has 1 aromatic carbocycles. The van der Waals surface area contributed by atoms with E-state index in [1.165, 1.54) is 0 Å². The van der Waals surface area contributed by atoms with Crippen LogP contribution in [0.4, 0.5) is 13.2 Å². The van der Waals surface area contributed by atoms with Crippen LogP contribution < -0.4 is 0 Å². The van der Waals surface area contributed by atoms with Gasteiger partial charge in [0, 0.05) is 40.8 Å². The quantitative estimate of drug-likeness (QED) is 0.406. The first-order chi connectivity index (χ1) is 16.2. The number of benzene rings is 1. The van der Waals surface area contributed by atoms with Gasteiger partial charge in [0.05, 0.1) is 26.1 Å². The maximum Gasteiger partial charge on any atom is 0.314 e. The molecule has 5 aromatic rings. The fourth-order valence-electron chi connectivity index (χ4n) is 3.03. The van der Waals surface area contributed by atoms with E-state index in [0.717, 1.165) is 22.3 Å². The average molecular weight is 454 g/mol. The molecule has 0 unspecified atom stereocenters. The predicted octanol–water partition coefficient (Wildman–Crippen LogP) is 4.35. The predicted molar refractivity (Wildman–Crippen MR) is 112 cm³/mol. The van der Waals surface area contributed by atoms with Crippen LogP contribution in [0.1, 0.15) is 17.9 Å². The minimum atomic E-state index is -2.79. The monoisotopic (exact) mass is 454 g/mol. The lowest BCUT2D eigenvalue weighted by Gasteiger charge is -2.02. The van der Waals surface area contributed by atoms with Crippen molar-refractivity contribution in [2.45, 2.75) is 13.0 Å². The number of H-pyrrole nitrogens is 1. The van der Waals surface area contributed by atoms with Gasteiger partial charge in [-0.3, -0.25) is 14.5 Å². The standard InChI is InChI=1S/C20H14F2N8O.CH3F/c21-18(22)20-28-27-19(31-20)13-3-1-12(2-4-13)10-30-11-17(26-29-30)15-5-14(6-23-7-15)16-8-24-25-9-16;1-2/h1-9,11,18H,10H2,(H,24,25);1H3. The van der Waals surface area contributed by atoms with Crippen LogP contribution in [0.3, 0.4) is 0 Å². The van der Waals surface area contributed by atoms with E-state index in [0.29, 0.717) is 25.0 Å². The molecule has 0 atom stereocenters. The summed E-state index contributed by atoms with van der Waals surface area (Å²) in [4.78, 5) is 4.28. The fourth-order valence-corrected chi connectivity index (χ4v) is 3.03. The number of aromatic amines is 1. The average Bonchev–Trinajstić information content (AvgIpc) is 3.63. The van der Waals surface area contributed by atoms with Crippen LogP contribution in [0.25, 0.3) is 33.8 Å². The van der Waals surface area contributed by atoms with Crippen LogP contribution >= 0.6 is 0 Å². The molecule has 168 valence electrons. The van der Waals surface area contributed by atoms with Gasteiger partial charge in [-0.1, -0.05) is 17.3 Å². The van der Waals surface area contributed by atoms with Gasteiger partial charge in [-0.15, -0.1) is 15.3 Å². The fraction of sp³-hybridized carbons (Fsp3) is 0.143. The summed E-state index contributed by atoms with van der Waals surface area (Å²) >= 11 is 0. The molecule has 0 radical (unpaired) electrons. The van der Waals surface area contributed by atoms with Crippen LogP contribution in [-0.4, -0.2) is 47.6 Å². The molecule has 0 spiro atoms. The number of halogens is 3. The Bertz CT molecular complexity index is 1300. The molecule has 0 saturated carbocycles. The van der Waals surface area contributed by atoms with Gasteiger partial charge < -0.3 is 4.42 Å². The summed E-state index contributed by atoms with van der Waals surface area (Å²) in [7, 11) is 0.500. The zero-order valence-electron chi connectivity index (χ0n) is 17.2. The summed E-state index contributed by atoms with van der Waals surface area (Å²) in [6, 6.07) is 9.11. The number of hydrogen-bond donors (Lipinski definition) is 1. The van der Waals surface area contributed by atoms with Gasteiger partial charge in [0.1, 0.15) is 5.69 Å². The van der Waals surface area contributed by atoms with Crippen LogP contribution in [0, 0.1) is 0 Å². The molecule has 0 aliphatic heterocycles. The van der Waals surface area contributed by atoms with Gasteiger partial charge in [0.2, 0.25) is 5.89 Å². The number of rotatable bonds is 6. The van der Waals surface area contributed by atoms with Gasteiger partial charge in [-0.2, -0.15) is 13.9 Å². The van der Waals surface area contributed by atoms with Crippen LogP contribution in [0.15, 0.2) is 65.7 Å². The number of aromatic nitrogens is 8. The lowest BCUT2D eigenvalue weighted by Crippen LogP contribution is -2.00. The minimum absolute atomic E-state index is 0.0508. The second kappa shape index (κ2) is 9.85. The first-order valence-electron chi connectivity index (χ1n) is 9.59. The van der Waals surface area contributed by atoms with Crippen molar-refractivity contribution in [1.82, 2.24) is 40.4 Å².